The Labute approximate surface area is 121 Å². The highest BCUT2D eigenvalue weighted by atomic mass is 15.1. The van der Waals surface area contributed by atoms with E-state index < -0.39 is 0 Å². The highest BCUT2D eigenvalue weighted by Gasteiger charge is 2.23. The number of aromatic nitrogens is 1. The van der Waals surface area contributed by atoms with Gasteiger partial charge in [-0.05, 0) is 51.3 Å². The zero-order valence-corrected chi connectivity index (χ0v) is 12.5. The lowest BCUT2D eigenvalue weighted by molar-refractivity contribution is 0.176. The molecule has 3 N–H and O–H groups in total. The molecule has 2 aromatic rings. The summed E-state index contributed by atoms with van der Waals surface area (Å²) in [5, 5.41) is 1.37. The van der Waals surface area contributed by atoms with Gasteiger partial charge in [0.25, 0.3) is 0 Å². The normalized spacial score (nSPS) is 23.6. The Morgan fingerprint density at radius 3 is 2.65 bits per heavy atom. The molecule has 0 radical (unpaired) electrons. The zero-order valence-electron chi connectivity index (χ0n) is 12.5. The number of para-hydroxylation sites is 1. The zero-order chi connectivity index (χ0) is 14.1. The van der Waals surface area contributed by atoms with Gasteiger partial charge in [0.2, 0.25) is 0 Å². The number of aryl methyl sites for hydroxylation is 1. The molecule has 1 aliphatic rings. The third-order valence-corrected chi connectivity index (χ3v) is 4.80. The number of nitrogens with zero attached hydrogens (tertiary/aromatic N) is 1. The average Bonchev–Trinajstić information content (AvgIpc) is 2.76. The van der Waals surface area contributed by atoms with Crippen LogP contribution in [0.1, 0.15) is 36.9 Å². The van der Waals surface area contributed by atoms with Crippen LogP contribution in [-0.2, 0) is 6.54 Å². The van der Waals surface area contributed by atoms with Crippen molar-refractivity contribution in [2.75, 3.05) is 7.05 Å². The summed E-state index contributed by atoms with van der Waals surface area (Å²) in [5.41, 5.74) is 10.00. The minimum Gasteiger partial charge on any atom is -0.358 e. The van der Waals surface area contributed by atoms with E-state index in [2.05, 4.69) is 48.1 Å². The van der Waals surface area contributed by atoms with E-state index in [1.54, 1.807) is 0 Å². The van der Waals surface area contributed by atoms with E-state index in [1.807, 2.05) is 0 Å². The highest BCUT2D eigenvalue weighted by molar-refractivity contribution is 5.84. The van der Waals surface area contributed by atoms with E-state index in [9.17, 15) is 0 Å². The van der Waals surface area contributed by atoms with Crippen molar-refractivity contribution < 1.29 is 0 Å². The molecule has 0 aliphatic heterocycles. The first-order chi connectivity index (χ1) is 9.65. The largest absolute Gasteiger partial charge is 0.358 e. The Hall–Kier alpha value is -1.32. The Kier molecular flexibility index (Phi) is 3.81. The summed E-state index contributed by atoms with van der Waals surface area (Å²) < 4.78 is 0. The monoisotopic (exact) mass is 271 g/mol. The first-order valence-electron chi connectivity index (χ1n) is 7.67. The van der Waals surface area contributed by atoms with Gasteiger partial charge in [0.05, 0.1) is 0 Å². The number of nitrogens with two attached hydrogens (primary N) is 1. The van der Waals surface area contributed by atoms with Crippen LogP contribution in [0.5, 0.6) is 0 Å². The molecule has 20 heavy (non-hydrogen) atoms. The molecule has 3 heteroatoms. The average molecular weight is 271 g/mol. The van der Waals surface area contributed by atoms with Crippen molar-refractivity contribution in [1.29, 1.82) is 0 Å². The Morgan fingerprint density at radius 1 is 1.20 bits per heavy atom. The molecule has 0 amide bonds. The van der Waals surface area contributed by atoms with Crippen LogP contribution in [0.3, 0.4) is 0 Å². The molecular weight excluding hydrogens is 246 g/mol. The number of H-pyrrole nitrogens is 1. The lowest BCUT2D eigenvalue weighted by atomic mass is 9.90. The van der Waals surface area contributed by atoms with Crippen LogP contribution in [0.4, 0.5) is 0 Å². The summed E-state index contributed by atoms with van der Waals surface area (Å²) in [6.45, 7) is 3.20. The molecule has 0 saturated heterocycles. The Balaban J connectivity index is 1.77. The lowest BCUT2D eigenvalue weighted by Crippen LogP contribution is -2.38. The van der Waals surface area contributed by atoms with Gasteiger partial charge in [-0.25, -0.2) is 0 Å². The number of rotatable bonds is 3. The molecule has 0 bridgehead atoms. The maximum absolute atomic E-state index is 6.01. The first kappa shape index (κ1) is 13.7. The number of benzene rings is 1. The molecule has 108 valence electrons. The van der Waals surface area contributed by atoms with Crippen LogP contribution in [0, 0.1) is 6.92 Å². The van der Waals surface area contributed by atoms with E-state index in [-0.39, 0.29) is 0 Å². The minimum absolute atomic E-state index is 0.425. The van der Waals surface area contributed by atoms with Crippen molar-refractivity contribution in [1.82, 2.24) is 9.88 Å². The smallest absolute Gasteiger partial charge is 0.0459 e. The standard InChI is InChI=1S/C17H25N3/c1-12-16(15-5-3-4-6-17(15)19-12)11-20(2)14-9-7-13(18)8-10-14/h3-6,13-14,19H,7-11,18H2,1-2H3. The number of fused-ring (bicyclic) bond motifs is 1. The molecule has 1 heterocycles. The lowest BCUT2D eigenvalue weighted by Gasteiger charge is -2.33. The molecule has 1 saturated carbocycles. The topological polar surface area (TPSA) is 45.0 Å². The van der Waals surface area contributed by atoms with Crippen LogP contribution in [0.25, 0.3) is 10.9 Å². The van der Waals surface area contributed by atoms with Gasteiger partial charge < -0.3 is 10.7 Å². The van der Waals surface area contributed by atoms with Crippen molar-refractivity contribution in [3.05, 3.63) is 35.5 Å². The fraction of sp³-hybridized carbons (Fsp3) is 0.529. The molecular formula is C17H25N3. The Bertz CT molecular complexity index is 579. The van der Waals surface area contributed by atoms with Gasteiger partial charge in [0, 0.05) is 35.2 Å². The van der Waals surface area contributed by atoms with Crippen molar-refractivity contribution >= 4 is 10.9 Å². The second-order valence-electron chi connectivity index (χ2n) is 6.26. The predicted octanol–water partition coefficient (Wildman–Crippen LogP) is 3.18. The third-order valence-electron chi connectivity index (χ3n) is 4.80. The molecule has 0 atom stereocenters. The van der Waals surface area contributed by atoms with Gasteiger partial charge in [-0.2, -0.15) is 0 Å². The molecule has 0 unspecified atom stereocenters. The third kappa shape index (κ3) is 2.60. The number of hydrogen-bond donors (Lipinski definition) is 2. The fourth-order valence-electron chi connectivity index (χ4n) is 3.46. The molecule has 1 aromatic heterocycles. The summed E-state index contributed by atoms with van der Waals surface area (Å²) in [6.07, 6.45) is 4.81. The Morgan fingerprint density at radius 2 is 1.90 bits per heavy atom. The molecule has 3 nitrogen and oxygen atoms in total. The van der Waals surface area contributed by atoms with Crippen LogP contribution in [0.2, 0.25) is 0 Å². The number of aromatic amines is 1. The van der Waals surface area contributed by atoms with Gasteiger partial charge in [-0.15, -0.1) is 0 Å². The van der Waals surface area contributed by atoms with Crippen LogP contribution in [0.15, 0.2) is 24.3 Å². The summed E-state index contributed by atoms with van der Waals surface area (Å²) in [4.78, 5) is 6.00. The summed E-state index contributed by atoms with van der Waals surface area (Å²) in [6, 6.07) is 9.70. The first-order valence-corrected chi connectivity index (χ1v) is 7.67. The quantitative estimate of drug-likeness (QED) is 0.900. The molecule has 3 rings (SSSR count). The van der Waals surface area contributed by atoms with Crippen molar-refractivity contribution in [3.63, 3.8) is 0 Å². The van der Waals surface area contributed by atoms with E-state index in [0.717, 1.165) is 6.54 Å². The second-order valence-corrected chi connectivity index (χ2v) is 6.26. The van der Waals surface area contributed by atoms with E-state index >= 15 is 0 Å². The van der Waals surface area contributed by atoms with Gasteiger partial charge >= 0.3 is 0 Å². The highest BCUT2D eigenvalue weighted by Crippen LogP contribution is 2.26. The van der Waals surface area contributed by atoms with Gasteiger partial charge in [-0.3, -0.25) is 4.90 Å². The van der Waals surface area contributed by atoms with Crippen molar-refractivity contribution in [3.8, 4) is 0 Å². The molecule has 1 aromatic carbocycles. The number of nitrogens with one attached hydrogen (secondary N) is 1. The molecule has 1 aliphatic carbocycles. The van der Waals surface area contributed by atoms with Crippen LogP contribution in [-0.4, -0.2) is 29.0 Å². The summed E-state index contributed by atoms with van der Waals surface area (Å²) >= 11 is 0. The fourth-order valence-corrected chi connectivity index (χ4v) is 3.46. The van der Waals surface area contributed by atoms with Gasteiger partial charge in [-0.1, -0.05) is 18.2 Å². The minimum atomic E-state index is 0.425. The van der Waals surface area contributed by atoms with Gasteiger partial charge in [0.1, 0.15) is 0 Å². The predicted molar refractivity (Wildman–Crippen MR) is 84.7 cm³/mol. The molecule has 1 fully saturated rings. The van der Waals surface area contributed by atoms with Crippen molar-refractivity contribution in [2.45, 2.75) is 51.2 Å². The second kappa shape index (κ2) is 5.58. The molecule has 0 spiro atoms. The summed E-state index contributed by atoms with van der Waals surface area (Å²) in [7, 11) is 2.25. The maximum atomic E-state index is 6.01. The summed E-state index contributed by atoms with van der Waals surface area (Å²) in [5.74, 6) is 0. The number of hydrogen-bond acceptors (Lipinski definition) is 2. The van der Waals surface area contributed by atoms with Gasteiger partial charge in [0.15, 0.2) is 0 Å². The van der Waals surface area contributed by atoms with Crippen molar-refractivity contribution in [2.24, 2.45) is 5.73 Å². The van der Waals surface area contributed by atoms with E-state index in [4.69, 9.17) is 5.73 Å². The van der Waals surface area contributed by atoms with Crippen LogP contribution >= 0.6 is 0 Å². The van der Waals surface area contributed by atoms with E-state index in [1.165, 1.54) is 47.8 Å². The maximum Gasteiger partial charge on any atom is 0.0459 e. The van der Waals surface area contributed by atoms with Crippen LogP contribution < -0.4 is 5.73 Å². The van der Waals surface area contributed by atoms with E-state index in [0.29, 0.717) is 12.1 Å². The SMILES string of the molecule is Cc1[nH]c2ccccc2c1CN(C)C1CCC(N)CC1.